The van der Waals surface area contributed by atoms with E-state index in [-0.39, 0.29) is 84.3 Å². The third kappa shape index (κ3) is 13.5. The van der Waals surface area contributed by atoms with Gasteiger partial charge < -0.3 is 70.7 Å². The molecule has 0 radical (unpaired) electrons. The van der Waals surface area contributed by atoms with Gasteiger partial charge in [-0.3, -0.25) is 9.59 Å². The Kier molecular flexibility index (Phi) is 20.2. The van der Waals surface area contributed by atoms with Gasteiger partial charge in [-0.15, -0.1) is 0 Å². The van der Waals surface area contributed by atoms with E-state index in [2.05, 4.69) is 93.1 Å². The van der Waals surface area contributed by atoms with E-state index in [0.29, 0.717) is 13.2 Å². The number of esters is 1. The van der Waals surface area contributed by atoms with E-state index < -0.39 is 104 Å². The maximum Gasteiger partial charge on any atom is 0.527 e. The first-order chi connectivity index (χ1) is 33.6. The maximum atomic E-state index is 13.5. The van der Waals surface area contributed by atoms with Gasteiger partial charge in [-0.1, -0.05) is 85.7 Å². The second-order valence-corrected chi connectivity index (χ2v) is 24.3. The number of carbonyl (C=O) groups excluding carboxylic acids is 2. The Bertz CT molecular complexity index is 1870. The van der Waals surface area contributed by atoms with E-state index >= 15 is 0 Å². The standard InChI is InChI=1S/C52H82NO16.Al.HI.H/c1-24-27(4)38(22-57-21-37-19-17-16-18-20-37)63-48(30(24)7)65-41-31(8)34(11)61-51(66-42-28(5)25(2)32(9)59-47(42)56)46(41)68-49-40(53-35(12)54)45(44-39(64-49)23-58-52(14,15)69-44)67-50-43(62-36(13)55)29(6)26(3)33(10)60-50;;;/h16-20,24-34,38-51H,21-23H2,1-15H3,(H,53,54);;1H;/q-1;+2;;/p-1/t24?,25-,26-,27+,28+,29+,30?,31+,32?,33?,34?,38+,39?,40+,41+,42?,43?,44-,45?,46?,47-,48-,49+,50+,51+;;;/m1.../s1. The summed E-state index contributed by atoms with van der Waals surface area (Å²) in [4.78, 5) is 26.1. The number of hydrogen-bond acceptors (Lipinski definition) is 16. The van der Waals surface area contributed by atoms with Gasteiger partial charge in [-0.2, -0.15) is 20.3 Å². The highest BCUT2D eigenvalue weighted by Crippen LogP contribution is 2.44. The smallest absolute Gasteiger partial charge is 0.471 e. The van der Waals surface area contributed by atoms with Gasteiger partial charge in [0.05, 0.1) is 50.3 Å². The normalized spacial score (nSPS) is 45.8. The molecular formula is C52H83AlINO16. The van der Waals surface area contributed by atoms with Crippen molar-refractivity contribution in [1.82, 2.24) is 5.32 Å². The lowest BCUT2D eigenvalue weighted by atomic mass is 9.79. The number of nitrogens with one attached hydrogen (secondary N) is 1. The minimum Gasteiger partial charge on any atom is -0.471 e. The van der Waals surface area contributed by atoms with Gasteiger partial charge in [-0.05, 0) is 69.8 Å². The minimum atomic E-state index is -1.22. The lowest BCUT2D eigenvalue weighted by Gasteiger charge is -2.54. The van der Waals surface area contributed by atoms with Crippen LogP contribution < -0.4 is 5.32 Å². The van der Waals surface area contributed by atoms with Crippen LogP contribution in [0.5, 0.6) is 0 Å². The molecule has 0 aromatic heterocycles. The first kappa shape index (κ1) is 57.6. The lowest BCUT2D eigenvalue weighted by Crippen LogP contribution is -2.71. The summed E-state index contributed by atoms with van der Waals surface area (Å²) in [6.07, 6.45) is -11.0. The molecule has 17 nitrogen and oxygen atoms in total. The second-order valence-electron chi connectivity index (χ2n) is 21.9. The first-order valence-corrected chi connectivity index (χ1v) is 31.7. The Labute approximate surface area is 439 Å². The molecule has 1 aromatic rings. The third-order valence-electron chi connectivity index (χ3n) is 16.7. The first-order valence-electron chi connectivity index (χ1n) is 26.0. The lowest BCUT2D eigenvalue weighted by molar-refractivity contribution is -0.413. The molecule has 0 bridgehead atoms. The molecule has 402 valence electrons. The van der Waals surface area contributed by atoms with Crippen molar-refractivity contribution in [3.63, 3.8) is 0 Å². The molecule has 1 aromatic carbocycles. The summed E-state index contributed by atoms with van der Waals surface area (Å²) in [5, 5.41) is 3.12. The zero-order valence-corrected chi connectivity index (χ0v) is 48.1. The van der Waals surface area contributed by atoms with E-state index in [1.165, 1.54) is 13.8 Å². The van der Waals surface area contributed by atoms with E-state index in [1.807, 2.05) is 52.8 Å². The minimum absolute atomic E-state index is 0.00399. The molecule has 6 saturated heterocycles. The average molecular weight is 1130 g/mol. The monoisotopic (exact) mass is 1130 g/mol. The molecule has 6 heterocycles. The number of hydrogen-bond donors (Lipinski definition) is 1. The zero-order valence-electron chi connectivity index (χ0n) is 44.6. The Balaban J connectivity index is 1.26. The summed E-state index contributed by atoms with van der Waals surface area (Å²) in [6, 6.07) is 9.09. The fourth-order valence-corrected chi connectivity index (χ4v) is 12.5. The van der Waals surface area contributed by atoms with E-state index in [1.54, 1.807) is 0 Å². The van der Waals surface area contributed by atoms with Crippen molar-refractivity contribution in [3.05, 3.63) is 35.9 Å². The Hall–Kier alpha value is -1.10. The molecule has 1 N–H and O–H groups in total. The molecule has 0 spiro atoms. The fraction of sp³-hybridized carbons (Fsp3) is 0.846. The summed E-state index contributed by atoms with van der Waals surface area (Å²) in [7, 11) is 0. The van der Waals surface area contributed by atoms with Crippen molar-refractivity contribution >= 4 is 44.4 Å². The van der Waals surface area contributed by atoms with E-state index in [9.17, 15) is 9.59 Å². The van der Waals surface area contributed by atoms with Gasteiger partial charge in [0.15, 0.2) is 43.3 Å². The number of amides is 1. The fourth-order valence-electron chi connectivity index (χ4n) is 11.0. The van der Waals surface area contributed by atoms with Crippen molar-refractivity contribution in [3.8, 4) is 0 Å². The average Bonchev–Trinajstić information content (AvgIpc) is 3.31. The summed E-state index contributed by atoms with van der Waals surface area (Å²) < 4.78 is 94.1. The maximum absolute atomic E-state index is 13.5. The van der Waals surface area contributed by atoms with Crippen molar-refractivity contribution in [2.24, 2.45) is 47.3 Å². The molecule has 19 heteroatoms. The van der Waals surface area contributed by atoms with Crippen LogP contribution in [-0.2, 0) is 81.6 Å². The number of halogens is 1. The highest BCUT2D eigenvalue weighted by atomic mass is 127. The van der Waals surface area contributed by atoms with Crippen molar-refractivity contribution in [2.75, 3.05) is 13.2 Å². The van der Waals surface area contributed by atoms with Crippen LogP contribution in [0.3, 0.4) is 0 Å². The van der Waals surface area contributed by atoms with Crippen LogP contribution in [-0.4, -0.2) is 148 Å². The summed E-state index contributed by atoms with van der Waals surface area (Å²) >= 11 is 1.36. The van der Waals surface area contributed by atoms with Gasteiger partial charge >= 0.3 is 18.2 Å². The van der Waals surface area contributed by atoms with Crippen LogP contribution >= 0.6 is 20.3 Å². The summed E-state index contributed by atoms with van der Waals surface area (Å²) in [5.74, 6) is -1.73. The number of fused-ring (bicyclic) bond motifs is 1. The molecule has 0 saturated carbocycles. The van der Waals surface area contributed by atoms with Crippen molar-refractivity contribution in [2.45, 2.75) is 221 Å². The summed E-state index contributed by atoms with van der Waals surface area (Å²) in [6.45, 7) is 30.5. The Morgan fingerprint density at radius 1 is 0.634 bits per heavy atom. The van der Waals surface area contributed by atoms with Crippen LogP contribution in [0.1, 0.15) is 109 Å². The van der Waals surface area contributed by atoms with Gasteiger partial charge in [0, 0.05) is 31.6 Å². The predicted molar refractivity (Wildman–Crippen MR) is 270 cm³/mol. The molecule has 0 aliphatic carbocycles. The van der Waals surface area contributed by atoms with Crippen molar-refractivity contribution in [1.29, 1.82) is 0 Å². The third-order valence-corrected chi connectivity index (χ3v) is 18.2. The van der Waals surface area contributed by atoms with Crippen LogP contribution in [0.15, 0.2) is 30.3 Å². The number of rotatable bonds is 16. The molecule has 71 heavy (non-hydrogen) atoms. The molecule has 7 rings (SSSR count). The molecule has 6 fully saturated rings. The van der Waals surface area contributed by atoms with Gasteiger partial charge in [-0.25, -0.2) is 0 Å². The molecule has 25 atom stereocenters. The van der Waals surface area contributed by atoms with Crippen LogP contribution in [0, 0.1) is 47.3 Å². The number of ether oxygens (including phenoxy) is 13. The molecular weight excluding hydrogens is 1050 g/mol. The van der Waals surface area contributed by atoms with Crippen LogP contribution in [0.25, 0.3) is 0 Å². The second kappa shape index (κ2) is 24.9. The topological polar surface area (TPSA) is 175 Å². The van der Waals surface area contributed by atoms with E-state index in [0.717, 1.165) is 5.56 Å². The predicted octanol–water partition coefficient (Wildman–Crippen LogP) is 6.82. The van der Waals surface area contributed by atoms with E-state index in [4.69, 9.17) is 65.4 Å². The number of carbonyl (C=O) groups is 2. The van der Waals surface area contributed by atoms with Crippen LogP contribution in [0.2, 0.25) is 0 Å². The Morgan fingerprint density at radius 2 is 1.21 bits per heavy atom. The molecule has 6 aliphatic heterocycles. The van der Waals surface area contributed by atoms with Gasteiger partial charge in [0.25, 0.3) is 0 Å². The summed E-state index contributed by atoms with van der Waals surface area (Å²) in [5.41, 5.74) is 1.09. The highest BCUT2D eigenvalue weighted by molar-refractivity contribution is 14.1. The quantitative estimate of drug-likeness (QED) is 0.104. The van der Waals surface area contributed by atoms with Crippen molar-refractivity contribution < 1.29 is 75.0 Å². The SMILES string of the molecule is CC(=O)N[C@H]1C(O[C@@H]2OC(C)[C@H](C)[C@H](C)C2OC(C)=O)[C@@H]2OC(C)(C)OCC2O[C@H]1OC1[C@H](OC2[C@H]([O][AlH][I])OC(C)[C@H](C)[C@@H]2C)OC(C)[C@H](C)[C@@H]1O[C@H]1O[C@@H](COCc2ccccc2)[C@@H](C)C(C)C1C. The molecule has 1 amide bonds. The van der Waals surface area contributed by atoms with Gasteiger partial charge in [0.1, 0.15) is 36.6 Å². The zero-order chi connectivity index (χ0) is 51.6. The Morgan fingerprint density at radius 3 is 1.85 bits per heavy atom. The van der Waals surface area contributed by atoms with Gasteiger partial charge in [0.2, 0.25) is 5.91 Å². The number of benzene rings is 1. The molecule has 6 aliphatic rings. The molecule has 10 unspecified atom stereocenters. The van der Waals surface area contributed by atoms with Crippen LogP contribution in [0.4, 0.5) is 0 Å². The highest BCUT2D eigenvalue weighted by Gasteiger charge is 2.58. The largest absolute Gasteiger partial charge is 0.527 e.